The van der Waals surface area contributed by atoms with E-state index in [-0.39, 0.29) is 22.4 Å². The summed E-state index contributed by atoms with van der Waals surface area (Å²) >= 11 is 7.23. The molecule has 8 nitrogen and oxygen atoms in total. The zero-order chi connectivity index (χ0) is 27.6. The Morgan fingerprint density at radius 2 is 1.82 bits per heavy atom. The number of benzene rings is 2. The number of halogens is 1. The highest BCUT2D eigenvalue weighted by Crippen LogP contribution is 2.25. The summed E-state index contributed by atoms with van der Waals surface area (Å²) in [5.41, 5.74) is 1.97. The van der Waals surface area contributed by atoms with Crippen LogP contribution in [0, 0.1) is 0 Å². The van der Waals surface area contributed by atoms with Gasteiger partial charge in [0.15, 0.2) is 9.84 Å². The number of hydrogen-bond acceptors (Lipinski definition) is 7. The first-order valence-electron chi connectivity index (χ1n) is 11.7. The van der Waals surface area contributed by atoms with Gasteiger partial charge in [-0.25, -0.2) is 8.42 Å². The molecule has 1 unspecified atom stereocenters. The number of carbonyl (C=O) groups is 1. The minimum Gasteiger partial charge on any atom is -0.387 e. The Labute approximate surface area is 230 Å². The molecule has 0 aliphatic rings. The van der Waals surface area contributed by atoms with Crippen molar-refractivity contribution in [3.63, 3.8) is 0 Å². The first-order valence-corrected chi connectivity index (χ1v) is 14.8. The molecule has 2 N–H and O–H groups in total. The number of nitrogens with zero attached hydrogens (tertiary/aromatic N) is 2. The van der Waals surface area contributed by atoms with E-state index in [9.17, 15) is 23.1 Å². The monoisotopic (exact) mass is 573 g/mol. The third kappa shape index (κ3) is 6.51. The number of amides is 1. The number of aliphatic hydroxyl groups excluding tert-OH is 1. The van der Waals surface area contributed by atoms with E-state index < -0.39 is 21.8 Å². The van der Waals surface area contributed by atoms with E-state index in [4.69, 9.17) is 11.6 Å². The first-order chi connectivity index (χ1) is 17.9. The number of sulfone groups is 1. The Balaban J connectivity index is 1.45. The molecular formula is C27H28ClN3O5S2. The zero-order valence-corrected chi connectivity index (χ0v) is 23.5. The lowest BCUT2D eigenvalue weighted by molar-refractivity contribution is 0.0949. The van der Waals surface area contributed by atoms with E-state index in [2.05, 4.69) is 5.32 Å². The summed E-state index contributed by atoms with van der Waals surface area (Å²) in [5, 5.41) is 14.0. The summed E-state index contributed by atoms with van der Waals surface area (Å²) in [6.45, 7) is 1.06. The van der Waals surface area contributed by atoms with Crippen LogP contribution in [0.4, 0.5) is 0 Å². The van der Waals surface area contributed by atoms with Gasteiger partial charge in [0.05, 0.1) is 21.2 Å². The standard InChI is InChI=1S/C27H28ClN3O5S2/c1-30(16-24(32)18-6-10-21(11-7-18)38(3,35)36)14-20-12-23-26(37-20)25(33)22(15-31(23)2)27(34)29-13-17-4-8-19(28)9-5-17/h4-12,15,24,32H,13-14,16H2,1-3H3,(H,29,34). The summed E-state index contributed by atoms with van der Waals surface area (Å²) in [6, 6.07) is 15.2. The Morgan fingerprint density at radius 1 is 1.16 bits per heavy atom. The average Bonchev–Trinajstić information content (AvgIpc) is 3.29. The van der Waals surface area contributed by atoms with E-state index in [1.54, 1.807) is 42.1 Å². The van der Waals surface area contributed by atoms with Crippen molar-refractivity contribution in [2.24, 2.45) is 7.05 Å². The van der Waals surface area contributed by atoms with Crippen LogP contribution in [0.2, 0.25) is 5.02 Å². The fourth-order valence-corrected chi connectivity index (χ4v) is 6.07. The van der Waals surface area contributed by atoms with Crippen LogP contribution >= 0.6 is 22.9 Å². The molecule has 0 aliphatic carbocycles. The molecule has 0 saturated heterocycles. The number of aromatic nitrogens is 1. The lowest BCUT2D eigenvalue weighted by Crippen LogP contribution is -2.29. The van der Waals surface area contributed by atoms with Crippen molar-refractivity contribution in [3.8, 4) is 0 Å². The number of hydrogen-bond donors (Lipinski definition) is 2. The molecule has 200 valence electrons. The maximum Gasteiger partial charge on any atom is 0.257 e. The van der Waals surface area contributed by atoms with E-state index >= 15 is 0 Å². The summed E-state index contributed by atoms with van der Waals surface area (Å²) in [6.07, 6.45) is 1.87. The lowest BCUT2D eigenvalue weighted by Gasteiger charge is -2.20. The molecule has 11 heteroatoms. The summed E-state index contributed by atoms with van der Waals surface area (Å²) < 4.78 is 25.6. The lowest BCUT2D eigenvalue weighted by atomic mass is 10.1. The molecule has 0 fully saturated rings. The predicted octanol–water partition coefficient (Wildman–Crippen LogP) is 3.75. The molecule has 38 heavy (non-hydrogen) atoms. The van der Waals surface area contributed by atoms with Gasteiger partial charge in [-0.1, -0.05) is 35.9 Å². The molecule has 0 bridgehead atoms. The maximum absolute atomic E-state index is 13.2. The molecule has 0 saturated carbocycles. The van der Waals surface area contributed by atoms with Crippen molar-refractivity contribution in [2.45, 2.75) is 24.1 Å². The quantitative estimate of drug-likeness (QED) is 0.316. The van der Waals surface area contributed by atoms with Gasteiger partial charge in [0.2, 0.25) is 5.43 Å². The van der Waals surface area contributed by atoms with Gasteiger partial charge >= 0.3 is 0 Å². The van der Waals surface area contributed by atoms with Crippen LogP contribution in [-0.2, 0) is 30.0 Å². The summed E-state index contributed by atoms with van der Waals surface area (Å²) in [4.78, 5) is 29.0. The van der Waals surface area contributed by atoms with Crippen LogP contribution in [-0.4, -0.2) is 48.7 Å². The maximum atomic E-state index is 13.2. The molecule has 4 aromatic rings. The van der Waals surface area contributed by atoms with Gasteiger partial charge in [0, 0.05) is 49.0 Å². The highest BCUT2D eigenvalue weighted by atomic mass is 35.5. The third-order valence-corrected chi connectivity index (χ3v) is 8.62. The zero-order valence-electron chi connectivity index (χ0n) is 21.1. The number of fused-ring (bicyclic) bond motifs is 1. The van der Waals surface area contributed by atoms with Gasteiger partial charge in [-0.3, -0.25) is 14.5 Å². The molecular weight excluding hydrogens is 546 g/mol. The van der Waals surface area contributed by atoms with Gasteiger partial charge in [-0.15, -0.1) is 11.3 Å². The van der Waals surface area contributed by atoms with Crippen molar-refractivity contribution < 1.29 is 18.3 Å². The van der Waals surface area contributed by atoms with Crippen LogP contribution in [0.5, 0.6) is 0 Å². The predicted molar refractivity (Wildman–Crippen MR) is 151 cm³/mol. The molecule has 1 amide bonds. The van der Waals surface area contributed by atoms with Crippen LogP contribution in [0.1, 0.15) is 32.5 Å². The fourth-order valence-electron chi connectivity index (χ4n) is 4.09. The Morgan fingerprint density at radius 3 is 2.45 bits per heavy atom. The highest BCUT2D eigenvalue weighted by molar-refractivity contribution is 7.90. The number of carbonyl (C=O) groups excluding carboxylic acids is 1. The van der Waals surface area contributed by atoms with Crippen molar-refractivity contribution in [1.29, 1.82) is 0 Å². The molecule has 4 rings (SSSR count). The number of aliphatic hydroxyl groups is 1. The van der Waals surface area contributed by atoms with Gasteiger partial charge < -0.3 is 15.0 Å². The van der Waals surface area contributed by atoms with Crippen LogP contribution in [0.3, 0.4) is 0 Å². The summed E-state index contributed by atoms with van der Waals surface area (Å²) in [5.74, 6) is -0.445. The molecule has 0 spiro atoms. The SMILES string of the molecule is CN(Cc1cc2c(s1)c(=O)c(C(=O)NCc1ccc(Cl)cc1)cn2C)CC(O)c1ccc(S(C)(=O)=O)cc1. The van der Waals surface area contributed by atoms with E-state index in [1.165, 1.54) is 23.5 Å². The second-order valence-corrected chi connectivity index (χ2v) is 12.9. The van der Waals surface area contributed by atoms with Crippen molar-refractivity contribution in [1.82, 2.24) is 14.8 Å². The molecule has 2 aromatic heterocycles. The second kappa shape index (κ2) is 11.4. The Kier molecular flexibility index (Phi) is 8.39. The van der Waals surface area contributed by atoms with Gasteiger partial charge in [0.25, 0.3) is 5.91 Å². The van der Waals surface area contributed by atoms with Crippen molar-refractivity contribution in [2.75, 3.05) is 19.8 Å². The molecule has 2 aromatic carbocycles. The number of pyridine rings is 1. The van der Waals surface area contributed by atoms with E-state index in [0.717, 1.165) is 22.2 Å². The highest BCUT2D eigenvalue weighted by Gasteiger charge is 2.18. The Bertz CT molecular complexity index is 1630. The topological polar surface area (TPSA) is 109 Å². The van der Waals surface area contributed by atoms with E-state index in [0.29, 0.717) is 28.4 Å². The first kappa shape index (κ1) is 28.0. The normalized spacial score (nSPS) is 12.7. The Hall–Kier alpha value is -3.02. The average molecular weight is 574 g/mol. The largest absolute Gasteiger partial charge is 0.387 e. The molecule has 0 radical (unpaired) electrons. The van der Waals surface area contributed by atoms with Gasteiger partial charge in [-0.05, 0) is 48.5 Å². The molecule has 0 aliphatic heterocycles. The summed E-state index contributed by atoms with van der Waals surface area (Å²) in [7, 11) is 0.344. The number of nitrogens with one attached hydrogen (secondary N) is 1. The number of likely N-dealkylation sites (N-methyl/N-ethyl adjacent to an activating group) is 1. The minimum absolute atomic E-state index is 0.0729. The van der Waals surface area contributed by atoms with Crippen LogP contribution in [0.25, 0.3) is 10.2 Å². The van der Waals surface area contributed by atoms with Gasteiger partial charge in [-0.2, -0.15) is 0 Å². The molecule has 1 atom stereocenters. The van der Waals surface area contributed by atoms with Crippen molar-refractivity contribution >= 4 is 48.9 Å². The smallest absolute Gasteiger partial charge is 0.257 e. The number of rotatable bonds is 9. The van der Waals surface area contributed by atoms with Crippen LogP contribution in [0.15, 0.2) is 70.5 Å². The minimum atomic E-state index is -3.30. The fraction of sp³-hybridized carbons (Fsp3) is 0.259. The second-order valence-electron chi connectivity index (χ2n) is 9.27. The number of aryl methyl sites for hydroxylation is 1. The van der Waals surface area contributed by atoms with Crippen molar-refractivity contribution in [3.05, 3.63) is 97.6 Å². The van der Waals surface area contributed by atoms with E-state index in [1.807, 2.05) is 30.1 Å². The number of thiophene rings is 1. The third-order valence-electron chi connectivity index (χ3n) is 6.13. The van der Waals surface area contributed by atoms with Gasteiger partial charge in [0.1, 0.15) is 5.56 Å². The molecule has 2 heterocycles. The van der Waals surface area contributed by atoms with Crippen LogP contribution < -0.4 is 10.7 Å².